The third-order valence-corrected chi connectivity index (χ3v) is 6.19. The molecule has 3 heterocycles. The number of halogens is 3. The second-order valence-electron chi connectivity index (χ2n) is 7.24. The Labute approximate surface area is 187 Å². The smallest absolute Gasteiger partial charge is 0.166 e. The quantitative estimate of drug-likeness (QED) is 0.544. The van der Waals surface area contributed by atoms with Crippen molar-refractivity contribution in [2.75, 3.05) is 25.6 Å². The number of nitrogens with zero attached hydrogens (tertiary/aromatic N) is 2. The van der Waals surface area contributed by atoms with Gasteiger partial charge >= 0.3 is 0 Å². The highest BCUT2D eigenvalue weighted by Gasteiger charge is 2.43. The van der Waals surface area contributed by atoms with E-state index in [1.807, 2.05) is 0 Å². The minimum Gasteiger partial charge on any atom is -0.493 e. The third kappa shape index (κ3) is 3.74. The summed E-state index contributed by atoms with van der Waals surface area (Å²) in [7, 11) is 1.55. The van der Waals surface area contributed by atoms with Gasteiger partial charge in [0.15, 0.2) is 23.4 Å². The van der Waals surface area contributed by atoms with E-state index in [1.165, 1.54) is 18.5 Å². The van der Waals surface area contributed by atoms with E-state index in [2.05, 4.69) is 15.3 Å². The van der Waals surface area contributed by atoms with Crippen LogP contribution in [0, 0.1) is 5.82 Å². The Hall–Kier alpha value is -2.39. The van der Waals surface area contributed by atoms with Crippen LogP contribution >= 0.6 is 23.2 Å². The van der Waals surface area contributed by atoms with E-state index in [9.17, 15) is 4.39 Å². The van der Waals surface area contributed by atoms with Crippen LogP contribution in [0.1, 0.15) is 6.42 Å². The zero-order valence-electron chi connectivity index (χ0n) is 16.4. The Kier molecular flexibility index (Phi) is 5.47. The number of benzene rings is 2. The molecule has 3 atom stereocenters. The van der Waals surface area contributed by atoms with Crippen molar-refractivity contribution in [2.45, 2.75) is 24.7 Å². The maximum absolute atomic E-state index is 14.5. The summed E-state index contributed by atoms with van der Waals surface area (Å²) in [5, 5.41) is 3.54. The predicted molar refractivity (Wildman–Crippen MR) is 114 cm³/mol. The number of methoxy groups -OCH3 is 1. The summed E-state index contributed by atoms with van der Waals surface area (Å²) in [5.41, 5.74) is 0.734. The van der Waals surface area contributed by atoms with Gasteiger partial charge in [0.25, 0.3) is 0 Å². The Morgan fingerprint density at radius 2 is 2.03 bits per heavy atom. The van der Waals surface area contributed by atoms with Crippen LogP contribution in [0.25, 0.3) is 10.9 Å². The van der Waals surface area contributed by atoms with Gasteiger partial charge in [-0.25, -0.2) is 14.4 Å². The van der Waals surface area contributed by atoms with Crippen molar-refractivity contribution in [1.82, 2.24) is 9.97 Å². The minimum absolute atomic E-state index is 0.0654. The fourth-order valence-electron chi connectivity index (χ4n) is 3.86. The number of anilines is 2. The van der Waals surface area contributed by atoms with Gasteiger partial charge in [0.1, 0.15) is 18.2 Å². The molecule has 1 N–H and O–H groups in total. The summed E-state index contributed by atoms with van der Waals surface area (Å²) in [6.07, 6.45) is 1.98. The molecule has 3 aromatic rings. The van der Waals surface area contributed by atoms with Crippen LogP contribution in [0.5, 0.6) is 11.5 Å². The highest BCUT2D eigenvalue weighted by Crippen LogP contribution is 2.38. The lowest BCUT2D eigenvalue weighted by Gasteiger charge is -2.20. The van der Waals surface area contributed by atoms with Crippen LogP contribution in [0.15, 0.2) is 30.6 Å². The summed E-state index contributed by atoms with van der Waals surface area (Å²) in [6, 6.07) is 6.50. The van der Waals surface area contributed by atoms with Gasteiger partial charge in [0.05, 0.1) is 41.1 Å². The van der Waals surface area contributed by atoms with Crippen LogP contribution in [-0.4, -0.2) is 48.6 Å². The predicted octanol–water partition coefficient (Wildman–Crippen LogP) is 4.76. The Bertz CT molecular complexity index is 1150. The first-order valence-electron chi connectivity index (χ1n) is 9.68. The molecule has 10 heteroatoms. The summed E-state index contributed by atoms with van der Waals surface area (Å²) in [6.45, 7) is 1.11. The van der Waals surface area contributed by atoms with E-state index in [1.54, 1.807) is 19.2 Å². The summed E-state index contributed by atoms with van der Waals surface area (Å²) in [4.78, 5) is 8.57. The second-order valence-corrected chi connectivity index (χ2v) is 8.03. The van der Waals surface area contributed by atoms with E-state index < -0.39 is 5.82 Å². The molecule has 7 nitrogen and oxygen atoms in total. The van der Waals surface area contributed by atoms with Gasteiger partial charge in [-0.1, -0.05) is 23.2 Å². The van der Waals surface area contributed by atoms with Crippen molar-refractivity contribution in [1.29, 1.82) is 0 Å². The molecule has 0 saturated carbocycles. The highest BCUT2D eigenvalue weighted by molar-refractivity contribution is 6.42. The number of nitrogens with one attached hydrogen (secondary N) is 1. The zero-order valence-corrected chi connectivity index (χ0v) is 17.9. The molecule has 31 heavy (non-hydrogen) atoms. The van der Waals surface area contributed by atoms with Crippen LogP contribution in [0.4, 0.5) is 15.9 Å². The summed E-state index contributed by atoms with van der Waals surface area (Å²) in [5.74, 6) is 0.724. The number of fused-ring (bicyclic) bond motifs is 2. The zero-order chi connectivity index (χ0) is 21.5. The largest absolute Gasteiger partial charge is 0.493 e. The number of hydrogen-bond acceptors (Lipinski definition) is 7. The van der Waals surface area contributed by atoms with Crippen molar-refractivity contribution in [2.24, 2.45) is 0 Å². The van der Waals surface area contributed by atoms with Gasteiger partial charge in [0, 0.05) is 18.1 Å². The summed E-state index contributed by atoms with van der Waals surface area (Å²) >= 11 is 11.8. The van der Waals surface area contributed by atoms with Gasteiger partial charge in [-0.2, -0.15) is 0 Å². The molecule has 0 amide bonds. The number of rotatable bonds is 5. The first-order chi connectivity index (χ1) is 15.0. The first-order valence-corrected chi connectivity index (χ1v) is 10.4. The van der Waals surface area contributed by atoms with Gasteiger partial charge in [-0.15, -0.1) is 0 Å². The SMILES string of the molecule is COc1cc2c(Nc3ccc(Cl)c(Cl)c3F)ncnc2cc1O[C@@H]1COC2CCOC21. The normalized spacial score (nSPS) is 22.5. The van der Waals surface area contributed by atoms with E-state index in [0.29, 0.717) is 41.4 Å². The molecule has 2 aliphatic heterocycles. The molecule has 0 aliphatic carbocycles. The topological polar surface area (TPSA) is 74.7 Å². The van der Waals surface area contributed by atoms with Crippen molar-refractivity contribution in [3.8, 4) is 11.5 Å². The lowest BCUT2D eigenvalue weighted by Crippen LogP contribution is -2.32. The average molecular weight is 466 g/mol. The van der Waals surface area contributed by atoms with E-state index in [-0.39, 0.29) is 34.0 Å². The fraction of sp³-hybridized carbons (Fsp3) is 0.333. The third-order valence-electron chi connectivity index (χ3n) is 5.41. The highest BCUT2D eigenvalue weighted by atomic mass is 35.5. The molecule has 2 saturated heterocycles. The van der Waals surface area contributed by atoms with Crippen LogP contribution in [-0.2, 0) is 9.47 Å². The molecule has 5 rings (SSSR count). The standard InChI is InChI=1S/C21H18Cl2FN3O4/c1-28-15-6-10-13(7-16(15)31-17-8-30-14-4-5-29-20(14)17)25-9-26-21(10)27-12-3-2-11(22)18(23)19(12)24/h2-3,6-7,9,14,17,20H,4-5,8H2,1H3,(H,25,26,27)/t14?,17-,20?/m1/s1. The summed E-state index contributed by atoms with van der Waals surface area (Å²) < 4.78 is 37.7. The Morgan fingerprint density at radius 1 is 1.16 bits per heavy atom. The number of hydrogen-bond donors (Lipinski definition) is 1. The molecule has 0 spiro atoms. The Morgan fingerprint density at radius 3 is 2.87 bits per heavy atom. The second kappa shape index (κ2) is 8.27. The number of aromatic nitrogens is 2. The van der Waals surface area contributed by atoms with E-state index >= 15 is 0 Å². The molecular weight excluding hydrogens is 448 g/mol. The molecule has 0 bridgehead atoms. The number of ether oxygens (including phenoxy) is 4. The lowest BCUT2D eigenvalue weighted by atomic mass is 10.1. The van der Waals surface area contributed by atoms with Gasteiger partial charge < -0.3 is 24.3 Å². The van der Waals surface area contributed by atoms with Gasteiger partial charge in [-0.3, -0.25) is 0 Å². The lowest BCUT2D eigenvalue weighted by molar-refractivity contribution is 0.0298. The van der Waals surface area contributed by atoms with Crippen LogP contribution in [0.3, 0.4) is 0 Å². The van der Waals surface area contributed by atoms with Crippen molar-refractivity contribution in [3.63, 3.8) is 0 Å². The molecular formula is C21H18Cl2FN3O4. The van der Waals surface area contributed by atoms with E-state index in [4.69, 9.17) is 42.1 Å². The van der Waals surface area contributed by atoms with Crippen molar-refractivity contribution in [3.05, 3.63) is 46.5 Å². The molecule has 2 unspecified atom stereocenters. The fourth-order valence-corrected chi connectivity index (χ4v) is 4.17. The maximum atomic E-state index is 14.5. The van der Waals surface area contributed by atoms with Crippen molar-refractivity contribution >= 4 is 45.6 Å². The molecule has 0 radical (unpaired) electrons. The minimum atomic E-state index is -0.666. The monoisotopic (exact) mass is 465 g/mol. The molecule has 162 valence electrons. The maximum Gasteiger partial charge on any atom is 0.166 e. The van der Waals surface area contributed by atoms with E-state index in [0.717, 1.165) is 6.42 Å². The molecule has 2 aromatic carbocycles. The van der Waals surface area contributed by atoms with Crippen molar-refractivity contribution < 1.29 is 23.3 Å². The molecule has 1 aromatic heterocycles. The first kappa shape index (κ1) is 20.5. The van der Waals surface area contributed by atoms with Gasteiger partial charge in [0.2, 0.25) is 0 Å². The molecule has 2 fully saturated rings. The van der Waals surface area contributed by atoms with Crippen LogP contribution < -0.4 is 14.8 Å². The Balaban J connectivity index is 1.49. The average Bonchev–Trinajstić information content (AvgIpc) is 3.39. The molecule has 2 aliphatic rings. The van der Waals surface area contributed by atoms with Gasteiger partial charge in [-0.05, 0) is 24.6 Å². The van der Waals surface area contributed by atoms with Crippen LogP contribution in [0.2, 0.25) is 10.0 Å².